The van der Waals surface area contributed by atoms with Crippen LogP contribution in [0.25, 0.3) is 10.9 Å². The summed E-state index contributed by atoms with van der Waals surface area (Å²) in [4.78, 5) is 7.41. The number of methoxy groups -OCH3 is 1. The van der Waals surface area contributed by atoms with Gasteiger partial charge in [0.05, 0.1) is 12.1 Å². The summed E-state index contributed by atoms with van der Waals surface area (Å²) in [5, 5.41) is 4.68. The highest BCUT2D eigenvalue weighted by Crippen LogP contribution is 2.26. The summed E-state index contributed by atoms with van der Waals surface area (Å²) in [6, 6.07) is 15.7. The second-order valence-corrected chi connectivity index (χ2v) is 7.67. The normalized spacial score (nSPS) is 14.5. The number of aromatic nitrogens is 1. The van der Waals surface area contributed by atoms with E-state index in [1.54, 1.807) is 7.11 Å². The van der Waals surface area contributed by atoms with E-state index in [-0.39, 0.29) is 12.4 Å². The highest BCUT2D eigenvalue weighted by Gasteiger charge is 2.17. The van der Waals surface area contributed by atoms with Crippen LogP contribution in [0.2, 0.25) is 0 Å². The van der Waals surface area contributed by atoms with Gasteiger partial charge in [-0.15, -0.1) is 0 Å². The lowest BCUT2D eigenvalue weighted by atomic mass is 10.1. The van der Waals surface area contributed by atoms with Gasteiger partial charge in [-0.05, 0) is 49.1 Å². The molecule has 0 atom stereocenters. The Bertz CT molecular complexity index is 969. The number of benzene rings is 2. The average Bonchev–Trinajstić information content (AvgIpc) is 2.76. The minimum atomic E-state index is -0.221. The number of para-hydroxylation sites is 1. The van der Waals surface area contributed by atoms with Crippen LogP contribution in [0.15, 0.2) is 48.5 Å². The fourth-order valence-electron chi connectivity index (χ4n) is 4.00. The van der Waals surface area contributed by atoms with Crippen molar-refractivity contribution in [3.05, 3.63) is 71.0 Å². The molecule has 5 heteroatoms. The minimum Gasteiger partial charge on any atom is -0.380 e. The van der Waals surface area contributed by atoms with Crippen molar-refractivity contribution in [2.24, 2.45) is 0 Å². The Labute approximate surface area is 171 Å². The van der Waals surface area contributed by atoms with Crippen molar-refractivity contribution in [3.63, 3.8) is 0 Å². The quantitative estimate of drug-likeness (QED) is 0.626. The molecule has 29 heavy (non-hydrogen) atoms. The van der Waals surface area contributed by atoms with Gasteiger partial charge in [0.15, 0.2) is 0 Å². The molecule has 4 rings (SSSR count). The molecule has 2 aromatic carbocycles. The fraction of sp³-hybridized carbons (Fsp3) is 0.375. The summed E-state index contributed by atoms with van der Waals surface area (Å²) >= 11 is 0. The van der Waals surface area contributed by atoms with Gasteiger partial charge in [0.25, 0.3) is 0 Å². The van der Waals surface area contributed by atoms with Crippen LogP contribution in [0.3, 0.4) is 0 Å². The van der Waals surface area contributed by atoms with E-state index in [0.29, 0.717) is 12.1 Å². The van der Waals surface area contributed by atoms with Gasteiger partial charge in [-0.2, -0.15) is 0 Å². The second kappa shape index (κ2) is 9.33. The highest BCUT2D eigenvalue weighted by molar-refractivity contribution is 5.81. The van der Waals surface area contributed by atoms with Crippen LogP contribution in [0, 0.1) is 5.82 Å². The lowest BCUT2D eigenvalue weighted by Crippen LogP contribution is -2.31. The van der Waals surface area contributed by atoms with Gasteiger partial charge < -0.3 is 15.0 Å². The first-order valence-electron chi connectivity index (χ1n) is 10.3. The van der Waals surface area contributed by atoms with E-state index >= 15 is 0 Å². The Balaban J connectivity index is 1.53. The molecule has 0 radical (unpaired) electrons. The zero-order chi connectivity index (χ0) is 20.1. The van der Waals surface area contributed by atoms with Crippen molar-refractivity contribution in [2.45, 2.75) is 39.0 Å². The number of fused-ring (bicyclic) bond motifs is 1. The molecular weight excluding hydrogens is 365 g/mol. The molecular formula is C24H28FN3O. The van der Waals surface area contributed by atoms with Gasteiger partial charge in [-0.1, -0.05) is 24.3 Å². The minimum absolute atomic E-state index is 0.221. The molecule has 0 aliphatic carbocycles. The van der Waals surface area contributed by atoms with Crippen LogP contribution in [0.1, 0.15) is 36.0 Å². The third kappa shape index (κ3) is 4.74. The van der Waals surface area contributed by atoms with Crippen LogP contribution < -0.4 is 10.2 Å². The first kappa shape index (κ1) is 19.8. The lowest BCUT2D eigenvalue weighted by molar-refractivity contribution is 0.181. The molecule has 0 saturated carbocycles. The summed E-state index contributed by atoms with van der Waals surface area (Å²) in [7, 11) is 1.58. The third-order valence-corrected chi connectivity index (χ3v) is 5.49. The molecule has 152 valence electrons. The monoisotopic (exact) mass is 393 g/mol. The summed E-state index contributed by atoms with van der Waals surface area (Å²) < 4.78 is 18.9. The van der Waals surface area contributed by atoms with Crippen molar-refractivity contribution >= 4 is 16.7 Å². The molecule has 1 saturated heterocycles. The Morgan fingerprint density at radius 1 is 1.00 bits per heavy atom. The van der Waals surface area contributed by atoms with Crippen molar-refractivity contribution in [1.82, 2.24) is 10.3 Å². The molecule has 1 N–H and O–H groups in total. The predicted octanol–water partition coefficient (Wildman–Crippen LogP) is 4.80. The molecule has 1 aromatic heterocycles. The van der Waals surface area contributed by atoms with E-state index in [1.165, 1.54) is 30.9 Å². The molecule has 0 amide bonds. The summed E-state index contributed by atoms with van der Waals surface area (Å²) in [5.41, 5.74) is 3.89. The maximum absolute atomic E-state index is 13.8. The largest absolute Gasteiger partial charge is 0.380 e. The zero-order valence-corrected chi connectivity index (χ0v) is 17.0. The van der Waals surface area contributed by atoms with E-state index in [0.717, 1.165) is 41.9 Å². The van der Waals surface area contributed by atoms with Gasteiger partial charge in [-0.25, -0.2) is 9.37 Å². The van der Waals surface area contributed by atoms with E-state index in [9.17, 15) is 4.39 Å². The first-order chi connectivity index (χ1) is 14.2. The van der Waals surface area contributed by atoms with Crippen molar-refractivity contribution in [2.75, 3.05) is 25.1 Å². The van der Waals surface area contributed by atoms with Gasteiger partial charge >= 0.3 is 0 Å². The number of nitrogens with one attached hydrogen (secondary N) is 1. The van der Waals surface area contributed by atoms with E-state index in [4.69, 9.17) is 9.72 Å². The molecule has 0 unspecified atom stereocenters. The van der Waals surface area contributed by atoms with E-state index < -0.39 is 0 Å². The molecule has 0 spiro atoms. The smallest absolute Gasteiger partial charge is 0.133 e. The molecule has 4 nitrogen and oxygen atoms in total. The van der Waals surface area contributed by atoms with Gasteiger partial charge in [0, 0.05) is 49.8 Å². The molecule has 2 heterocycles. The standard InChI is InChI=1S/C24H28FN3O/c1-29-17-21-13-18(9-10-22(21)25)15-26-16-20-14-19-7-3-4-8-23(19)27-24(20)28-11-5-2-6-12-28/h3-4,7-10,13-14,26H,2,5-6,11-12,15-17H2,1H3. The van der Waals surface area contributed by atoms with E-state index in [2.05, 4.69) is 34.5 Å². The molecule has 1 fully saturated rings. The number of nitrogens with zero attached hydrogens (tertiary/aromatic N) is 2. The second-order valence-electron chi connectivity index (χ2n) is 7.67. The van der Waals surface area contributed by atoms with E-state index in [1.807, 2.05) is 18.2 Å². The maximum Gasteiger partial charge on any atom is 0.133 e. The van der Waals surface area contributed by atoms with Gasteiger partial charge in [0.2, 0.25) is 0 Å². The Morgan fingerprint density at radius 3 is 2.66 bits per heavy atom. The zero-order valence-electron chi connectivity index (χ0n) is 17.0. The SMILES string of the molecule is COCc1cc(CNCc2cc3ccccc3nc2N2CCCCC2)ccc1F. The maximum atomic E-state index is 13.8. The third-order valence-electron chi connectivity index (χ3n) is 5.49. The number of anilines is 1. The highest BCUT2D eigenvalue weighted by atomic mass is 19.1. The van der Waals surface area contributed by atoms with Crippen molar-refractivity contribution in [3.8, 4) is 0 Å². The van der Waals surface area contributed by atoms with Crippen molar-refractivity contribution < 1.29 is 9.13 Å². The molecule has 3 aromatic rings. The van der Waals surface area contributed by atoms with Crippen LogP contribution in [-0.4, -0.2) is 25.2 Å². The molecule has 0 bridgehead atoms. The van der Waals surface area contributed by atoms with Gasteiger partial charge in [0.1, 0.15) is 11.6 Å². The predicted molar refractivity (Wildman–Crippen MR) is 115 cm³/mol. The van der Waals surface area contributed by atoms with Crippen LogP contribution in [-0.2, 0) is 24.4 Å². The molecule has 1 aliphatic rings. The van der Waals surface area contributed by atoms with Gasteiger partial charge in [-0.3, -0.25) is 0 Å². The Morgan fingerprint density at radius 2 is 1.83 bits per heavy atom. The van der Waals surface area contributed by atoms with Crippen molar-refractivity contribution in [1.29, 1.82) is 0 Å². The number of piperidine rings is 1. The lowest BCUT2D eigenvalue weighted by Gasteiger charge is -2.30. The summed E-state index contributed by atoms with van der Waals surface area (Å²) in [6.07, 6.45) is 3.74. The number of hydrogen-bond acceptors (Lipinski definition) is 4. The number of rotatable bonds is 7. The fourth-order valence-corrected chi connectivity index (χ4v) is 4.00. The number of hydrogen-bond donors (Lipinski definition) is 1. The average molecular weight is 394 g/mol. The number of pyridine rings is 1. The molecule has 1 aliphatic heterocycles. The Kier molecular flexibility index (Phi) is 6.37. The number of ether oxygens (including phenoxy) is 1. The Hall–Kier alpha value is -2.50. The van der Waals surface area contributed by atoms with Crippen LogP contribution >= 0.6 is 0 Å². The summed E-state index contributed by atoms with van der Waals surface area (Å²) in [5.74, 6) is 0.872. The number of halogens is 1. The topological polar surface area (TPSA) is 37.4 Å². The van der Waals surface area contributed by atoms with Crippen LogP contribution in [0.5, 0.6) is 0 Å². The first-order valence-corrected chi connectivity index (χ1v) is 10.3. The van der Waals surface area contributed by atoms with Crippen LogP contribution in [0.4, 0.5) is 10.2 Å². The summed E-state index contributed by atoms with van der Waals surface area (Å²) in [6.45, 7) is 3.81.